The van der Waals surface area contributed by atoms with E-state index in [1.165, 1.54) is 12.5 Å². The minimum Gasteiger partial charge on any atom is -0.445 e. The molecule has 2 aromatic heterocycles. The quantitative estimate of drug-likeness (QED) is 0.369. The zero-order valence-corrected chi connectivity index (χ0v) is 18.7. The Bertz CT molecular complexity index is 1330. The SMILES string of the molecule is O=C(NNC(=O)c1cccc(-c2ncco2)c1)Nc1ccc2c(cnn2C2CCCCO2)c1Cl. The number of benzene rings is 2. The predicted molar refractivity (Wildman–Crippen MR) is 125 cm³/mol. The van der Waals surface area contributed by atoms with Gasteiger partial charge in [0.1, 0.15) is 6.26 Å². The molecule has 1 saturated heterocycles. The van der Waals surface area contributed by atoms with Crippen molar-refractivity contribution in [3.63, 3.8) is 0 Å². The van der Waals surface area contributed by atoms with E-state index in [4.69, 9.17) is 20.8 Å². The van der Waals surface area contributed by atoms with Crippen LogP contribution in [0.1, 0.15) is 35.8 Å². The average Bonchev–Trinajstić information content (AvgIpc) is 3.56. The average molecular weight is 481 g/mol. The number of nitrogens with one attached hydrogen (secondary N) is 3. The molecule has 11 heteroatoms. The highest BCUT2D eigenvalue weighted by Gasteiger charge is 2.20. The van der Waals surface area contributed by atoms with Gasteiger partial charge in [0.25, 0.3) is 5.91 Å². The summed E-state index contributed by atoms with van der Waals surface area (Å²) in [5.41, 5.74) is 6.87. The van der Waals surface area contributed by atoms with E-state index in [9.17, 15) is 9.59 Å². The molecule has 0 aliphatic carbocycles. The Morgan fingerprint density at radius 3 is 2.85 bits per heavy atom. The van der Waals surface area contributed by atoms with Gasteiger partial charge in [-0.1, -0.05) is 17.7 Å². The molecule has 4 aromatic rings. The Labute approximate surface area is 199 Å². The highest BCUT2D eigenvalue weighted by atomic mass is 35.5. The highest BCUT2D eigenvalue weighted by molar-refractivity contribution is 6.38. The second kappa shape index (κ2) is 9.54. The van der Waals surface area contributed by atoms with E-state index < -0.39 is 11.9 Å². The number of urea groups is 1. The number of hydrogen-bond donors (Lipinski definition) is 3. The van der Waals surface area contributed by atoms with Crippen LogP contribution in [0, 0.1) is 0 Å². The van der Waals surface area contributed by atoms with Gasteiger partial charge in [0, 0.05) is 23.1 Å². The zero-order chi connectivity index (χ0) is 23.5. The van der Waals surface area contributed by atoms with E-state index in [1.54, 1.807) is 36.5 Å². The first-order valence-corrected chi connectivity index (χ1v) is 11.1. The van der Waals surface area contributed by atoms with Crippen molar-refractivity contribution in [2.24, 2.45) is 0 Å². The number of oxazole rings is 1. The maximum atomic E-state index is 12.5. The molecule has 34 heavy (non-hydrogen) atoms. The number of ether oxygens (including phenoxy) is 1. The summed E-state index contributed by atoms with van der Waals surface area (Å²) in [5, 5.41) is 8.11. The molecule has 1 unspecified atom stereocenters. The van der Waals surface area contributed by atoms with E-state index in [1.807, 2.05) is 10.7 Å². The lowest BCUT2D eigenvalue weighted by molar-refractivity contribution is -0.0366. The van der Waals surface area contributed by atoms with E-state index in [-0.39, 0.29) is 6.23 Å². The lowest BCUT2D eigenvalue weighted by atomic mass is 10.1. The third-order valence-electron chi connectivity index (χ3n) is 5.49. The third kappa shape index (κ3) is 4.45. The molecule has 2 aromatic carbocycles. The molecule has 1 fully saturated rings. The van der Waals surface area contributed by atoms with Crippen molar-refractivity contribution in [2.45, 2.75) is 25.5 Å². The molecular formula is C23H21ClN6O4. The number of amides is 3. The maximum absolute atomic E-state index is 12.5. The second-order valence-electron chi connectivity index (χ2n) is 7.72. The van der Waals surface area contributed by atoms with Crippen molar-refractivity contribution >= 4 is 40.1 Å². The fraction of sp³-hybridized carbons (Fsp3) is 0.217. The van der Waals surface area contributed by atoms with Gasteiger partial charge < -0.3 is 14.5 Å². The number of rotatable bonds is 4. The van der Waals surface area contributed by atoms with Crippen LogP contribution in [0.4, 0.5) is 10.5 Å². The molecular weight excluding hydrogens is 460 g/mol. The minimum atomic E-state index is -0.651. The van der Waals surface area contributed by atoms with Crippen LogP contribution in [-0.2, 0) is 4.74 Å². The van der Waals surface area contributed by atoms with Gasteiger partial charge in [0.05, 0.1) is 28.6 Å². The summed E-state index contributed by atoms with van der Waals surface area (Å²) >= 11 is 6.52. The van der Waals surface area contributed by atoms with Gasteiger partial charge in [-0.05, 0) is 49.6 Å². The number of halogens is 1. The van der Waals surface area contributed by atoms with Gasteiger partial charge in [-0.15, -0.1) is 0 Å². The molecule has 1 atom stereocenters. The Morgan fingerprint density at radius 2 is 2.06 bits per heavy atom. The summed E-state index contributed by atoms with van der Waals surface area (Å²) in [6.45, 7) is 0.704. The lowest BCUT2D eigenvalue weighted by Crippen LogP contribution is -2.43. The number of carbonyl (C=O) groups excluding carboxylic acids is 2. The number of fused-ring (bicyclic) bond motifs is 1. The fourth-order valence-corrected chi connectivity index (χ4v) is 4.08. The summed E-state index contributed by atoms with van der Waals surface area (Å²) in [6.07, 6.45) is 7.51. The van der Waals surface area contributed by atoms with E-state index >= 15 is 0 Å². The molecule has 0 bridgehead atoms. The molecule has 174 valence electrons. The van der Waals surface area contributed by atoms with Crippen LogP contribution in [0.25, 0.3) is 22.4 Å². The van der Waals surface area contributed by atoms with Crippen molar-refractivity contribution in [1.82, 2.24) is 25.6 Å². The number of hydrogen-bond acceptors (Lipinski definition) is 6. The predicted octanol–water partition coefficient (Wildman–Crippen LogP) is 4.51. The maximum Gasteiger partial charge on any atom is 0.337 e. The van der Waals surface area contributed by atoms with Crippen molar-refractivity contribution < 1.29 is 18.7 Å². The Kier molecular flexibility index (Phi) is 6.15. The van der Waals surface area contributed by atoms with E-state index in [0.717, 1.165) is 24.8 Å². The highest BCUT2D eigenvalue weighted by Crippen LogP contribution is 2.33. The molecule has 0 radical (unpaired) electrons. The number of hydrazine groups is 1. The minimum absolute atomic E-state index is 0.123. The van der Waals surface area contributed by atoms with Crippen LogP contribution in [0.5, 0.6) is 0 Å². The van der Waals surface area contributed by atoms with E-state index in [2.05, 4.69) is 26.3 Å². The molecule has 0 spiro atoms. The normalized spacial score (nSPS) is 15.7. The van der Waals surface area contributed by atoms with Crippen LogP contribution in [0.15, 0.2) is 59.5 Å². The summed E-state index contributed by atoms with van der Waals surface area (Å²) in [7, 11) is 0. The van der Waals surface area contributed by atoms with Crippen LogP contribution in [0.2, 0.25) is 5.02 Å². The molecule has 10 nitrogen and oxygen atoms in total. The molecule has 1 aliphatic rings. The fourth-order valence-electron chi connectivity index (χ4n) is 3.83. The van der Waals surface area contributed by atoms with E-state index in [0.29, 0.717) is 39.7 Å². The van der Waals surface area contributed by atoms with Crippen molar-refractivity contribution in [3.8, 4) is 11.5 Å². The van der Waals surface area contributed by atoms with Crippen LogP contribution in [0.3, 0.4) is 0 Å². The lowest BCUT2D eigenvalue weighted by Gasteiger charge is -2.23. The number of aromatic nitrogens is 3. The Balaban J connectivity index is 1.23. The van der Waals surface area contributed by atoms with Gasteiger partial charge >= 0.3 is 6.03 Å². The van der Waals surface area contributed by atoms with Gasteiger partial charge in [-0.3, -0.25) is 10.2 Å². The van der Waals surface area contributed by atoms with Crippen LogP contribution in [-0.4, -0.2) is 33.3 Å². The number of anilines is 1. The van der Waals surface area contributed by atoms with Gasteiger partial charge in [-0.2, -0.15) is 5.10 Å². The van der Waals surface area contributed by atoms with Crippen LogP contribution < -0.4 is 16.2 Å². The zero-order valence-electron chi connectivity index (χ0n) is 18.0. The van der Waals surface area contributed by atoms with Crippen LogP contribution >= 0.6 is 11.6 Å². The first kappa shape index (κ1) is 21.9. The van der Waals surface area contributed by atoms with Gasteiger partial charge in [-0.25, -0.2) is 19.9 Å². The molecule has 3 N–H and O–H groups in total. The monoisotopic (exact) mass is 480 g/mol. The Morgan fingerprint density at radius 1 is 1.15 bits per heavy atom. The summed E-state index contributed by atoms with van der Waals surface area (Å²) in [5.74, 6) is -0.109. The second-order valence-corrected chi connectivity index (χ2v) is 8.10. The topological polar surface area (TPSA) is 123 Å². The van der Waals surface area contributed by atoms with Crippen molar-refractivity contribution in [3.05, 3.63) is 65.6 Å². The summed E-state index contributed by atoms with van der Waals surface area (Å²) < 4.78 is 12.9. The molecule has 3 amide bonds. The largest absolute Gasteiger partial charge is 0.445 e. The third-order valence-corrected chi connectivity index (χ3v) is 5.89. The number of carbonyl (C=O) groups is 2. The first-order valence-electron chi connectivity index (χ1n) is 10.7. The first-order chi connectivity index (χ1) is 16.6. The summed E-state index contributed by atoms with van der Waals surface area (Å²) in [6, 6.07) is 9.55. The standard InChI is InChI=1S/C23H21ClN6O4/c24-20-16-13-26-30(19-6-1-2-10-33-19)18(16)8-7-17(20)27-23(32)29-28-21(31)14-4-3-5-15(12-14)22-25-9-11-34-22/h3-5,7-9,11-13,19H,1-2,6,10H2,(H,28,31)(H2,27,29,32). The smallest absolute Gasteiger partial charge is 0.337 e. The molecule has 3 heterocycles. The van der Waals surface area contributed by atoms with Gasteiger partial charge in [0.2, 0.25) is 5.89 Å². The number of nitrogens with zero attached hydrogens (tertiary/aromatic N) is 3. The van der Waals surface area contributed by atoms with Gasteiger partial charge in [0.15, 0.2) is 6.23 Å². The Hall–Kier alpha value is -3.89. The molecule has 1 aliphatic heterocycles. The summed E-state index contributed by atoms with van der Waals surface area (Å²) in [4.78, 5) is 28.9. The van der Waals surface area contributed by atoms with Crippen molar-refractivity contribution in [1.29, 1.82) is 0 Å². The van der Waals surface area contributed by atoms with Crippen molar-refractivity contribution in [2.75, 3.05) is 11.9 Å². The molecule has 5 rings (SSSR count). The molecule has 0 saturated carbocycles.